The van der Waals surface area contributed by atoms with E-state index in [4.69, 9.17) is 9.47 Å². The van der Waals surface area contributed by atoms with Crippen molar-refractivity contribution < 1.29 is 34.7 Å². The van der Waals surface area contributed by atoms with Gasteiger partial charge in [-0.2, -0.15) is 0 Å². The zero-order chi connectivity index (χ0) is 22.8. The van der Waals surface area contributed by atoms with Gasteiger partial charge < -0.3 is 29.9 Å². The number of ketones is 1. The summed E-state index contributed by atoms with van der Waals surface area (Å²) in [6, 6.07) is 8.28. The van der Waals surface area contributed by atoms with Crippen molar-refractivity contribution in [3.8, 4) is 0 Å². The van der Waals surface area contributed by atoms with E-state index in [1.165, 1.54) is 0 Å². The molecule has 31 heavy (non-hydrogen) atoms. The van der Waals surface area contributed by atoms with Crippen molar-refractivity contribution in [1.29, 1.82) is 0 Å². The topological polar surface area (TPSA) is 129 Å². The van der Waals surface area contributed by atoms with E-state index in [9.17, 15) is 25.2 Å². The van der Waals surface area contributed by atoms with E-state index >= 15 is 0 Å². The first-order valence-corrected chi connectivity index (χ1v) is 10.4. The molecule has 1 aliphatic heterocycles. The van der Waals surface area contributed by atoms with Crippen LogP contribution in [0, 0.1) is 5.41 Å². The lowest BCUT2D eigenvalue weighted by atomic mass is 9.75. The van der Waals surface area contributed by atoms with Gasteiger partial charge in [0.15, 0.2) is 12.1 Å². The second-order valence-corrected chi connectivity index (χ2v) is 8.97. The molecule has 1 aromatic rings. The smallest absolute Gasteiger partial charge is 0.183 e. The highest BCUT2D eigenvalue weighted by Crippen LogP contribution is 2.36. The van der Waals surface area contributed by atoms with Gasteiger partial charge in [-0.3, -0.25) is 9.79 Å². The van der Waals surface area contributed by atoms with Crippen molar-refractivity contribution in [2.24, 2.45) is 10.4 Å². The minimum Gasteiger partial charge on any atom is -0.511 e. The van der Waals surface area contributed by atoms with Crippen LogP contribution in [0.4, 0.5) is 0 Å². The molecule has 1 heterocycles. The average molecular weight is 434 g/mol. The Bertz CT molecular complexity index is 849. The number of carbonyl (C=O) groups is 1. The molecule has 0 bridgehead atoms. The van der Waals surface area contributed by atoms with E-state index in [1.807, 2.05) is 44.2 Å². The molecule has 1 fully saturated rings. The lowest BCUT2D eigenvalue weighted by molar-refractivity contribution is -0.268. The molecule has 0 amide bonds. The Balaban J connectivity index is 1.87. The maximum absolute atomic E-state index is 12.6. The fourth-order valence-electron chi connectivity index (χ4n) is 4.08. The Kier molecular flexibility index (Phi) is 7.28. The Hall–Kier alpha value is -2.10. The number of Topliss-reactive ketones (excluding diaryl/α,β-unsaturated/α-hetero) is 1. The van der Waals surface area contributed by atoms with Crippen molar-refractivity contribution in [2.45, 2.75) is 70.9 Å². The Morgan fingerprint density at radius 1 is 1.19 bits per heavy atom. The molecule has 5 atom stereocenters. The van der Waals surface area contributed by atoms with Crippen LogP contribution >= 0.6 is 0 Å². The molecular formula is C23H31NO7. The molecule has 0 spiro atoms. The van der Waals surface area contributed by atoms with E-state index in [0.717, 1.165) is 5.56 Å². The van der Waals surface area contributed by atoms with Crippen molar-refractivity contribution in [2.75, 3.05) is 6.61 Å². The van der Waals surface area contributed by atoms with E-state index in [1.54, 1.807) is 6.92 Å². The number of aliphatic hydroxyl groups is 4. The molecular weight excluding hydrogens is 402 g/mol. The van der Waals surface area contributed by atoms with Gasteiger partial charge in [0, 0.05) is 18.6 Å². The molecule has 1 saturated heterocycles. The molecule has 4 N–H and O–H groups in total. The first-order chi connectivity index (χ1) is 14.6. The summed E-state index contributed by atoms with van der Waals surface area (Å²) in [5.74, 6) is -0.263. The zero-order valence-electron chi connectivity index (χ0n) is 18.1. The minimum absolute atomic E-state index is 0.0377. The fourth-order valence-corrected chi connectivity index (χ4v) is 4.08. The number of hydrogen-bond donors (Lipinski definition) is 4. The maximum atomic E-state index is 12.6. The molecule has 8 nitrogen and oxygen atoms in total. The van der Waals surface area contributed by atoms with Gasteiger partial charge in [-0.25, -0.2) is 0 Å². The summed E-state index contributed by atoms with van der Waals surface area (Å²) in [6.07, 6.45) is -4.26. The van der Waals surface area contributed by atoms with Crippen LogP contribution in [0.1, 0.15) is 39.2 Å². The van der Waals surface area contributed by atoms with Gasteiger partial charge in [-0.15, -0.1) is 0 Å². The SMILES string of the molecule is CC(=N[C@@H]1[C@@H](OCc2ccccc2)O[C@H](CO)[C@@H](O)[C@@H]1O)C1=C(O)CC(C)(C)CC1=O. The molecule has 8 heteroatoms. The number of ether oxygens (including phenoxy) is 2. The third-order valence-electron chi connectivity index (χ3n) is 5.66. The Morgan fingerprint density at radius 2 is 1.87 bits per heavy atom. The maximum Gasteiger partial charge on any atom is 0.183 e. The highest BCUT2D eigenvalue weighted by molar-refractivity contribution is 6.22. The van der Waals surface area contributed by atoms with Crippen LogP contribution in [-0.2, 0) is 20.9 Å². The summed E-state index contributed by atoms with van der Waals surface area (Å²) in [4.78, 5) is 17.1. The van der Waals surface area contributed by atoms with Gasteiger partial charge in [0.2, 0.25) is 0 Å². The van der Waals surface area contributed by atoms with Crippen molar-refractivity contribution in [3.63, 3.8) is 0 Å². The lowest BCUT2D eigenvalue weighted by Crippen LogP contribution is -2.58. The average Bonchev–Trinajstić information content (AvgIpc) is 2.70. The van der Waals surface area contributed by atoms with E-state index in [0.29, 0.717) is 6.42 Å². The number of benzene rings is 1. The predicted octanol–water partition coefficient (Wildman–Crippen LogP) is 1.67. The molecule has 0 saturated carbocycles. The summed E-state index contributed by atoms with van der Waals surface area (Å²) < 4.78 is 11.5. The molecule has 170 valence electrons. The minimum atomic E-state index is -1.39. The number of carbonyl (C=O) groups excluding carboxylic acids is 1. The third kappa shape index (κ3) is 5.39. The summed E-state index contributed by atoms with van der Waals surface area (Å²) in [6.45, 7) is 5.05. The number of nitrogens with zero attached hydrogens (tertiary/aromatic N) is 1. The van der Waals surface area contributed by atoms with Gasteiger partial charge in [-0.1, -0.05) is 44.2 Å². The molecule has 0 unspecified atom stereocenters. The van der Waals surface area contributed by atoms with Gasteiger partial charge in [0.1, 0.15) is 30.1 Å². The second-order valence-electron chi connectivity index (χ2n) is 8.97. The first kappa shape index (κ1) is 23.6. The predicted molar refractivity (Wildman–Crippen MR) is 114 cm³/mol. The number of aliphatic imine (C=N–C) groups is 1. The molecule has 3 rings (SSSR count). The number of aliphatic hydroxyl groups excluding tert-OH is 4. The van der Waals surface area contributed by atoms with Crippen molar-refractivity contribution in [1.82, 2.24) is 0 Å². The summed E-state index contributed by atoms with van der Waals surface area (Å²) in [5.41, 5.74) is 0.905. The third-order valence-corrected chi connectivity index (χ3v) is 5.66. The van der Waals surface area contributed by atoms with Gasteiger partial charge in [0.05, 0.1) is 18.8 Å². The normalized spacial score (nSPS) is 31.7. The molecule has 1 aliphatic carbocycles. The van der Waals surface area contributed by atoms with Crippen LogP contribution in [0.2, 0.25) is 0 Å². The summed E-state index contributed by atoms with van der Waals surface area (Å²) in [7, 11) is 0. The molecule has 1 aromatic carbocycles. The first-order valence-electron chi connectivity index (χ1n) is 10.4. The fraction of sp³-hybridized carbons (Fsp3) is 0.565. The summed E-state index contributed by atoms with van der Waals surface area (Å²) in [5, 5.41) is 41.0. The summed E-state index contributed by atoms with van der Waals surface area (Å²) >= 11 is 0. The van der Waals surface area contributed by atoms with Crippen LogP contribution in [0.15, 0.2) is 46.7 Å². The van der Waals surface area contributed by atoms with Crippen LogP contribution < -0.4 is 0 Å². The second kappa shape index (κ2) is 9.58. The van der Waals surface area contributed by atoms with Crippen LogP contribution in [0.5, 0.6) is 0 Å². The largest absolute Gasteiger partial charge is 0.511 e. The quantitative estimate of drug-likeness (QED) is 0.502. The van der Waals surface area contributed by atoms with E-state index in [-0.39, 0.29) is 41.3 Å². The molecule has 0 radical (unpaired) electrons. The Morgan fingerprint density at radius 3 is 2.48 bits per heavy atom. The van der Waals surface area contributed by atoms with E-state index < -0.39 is 37.3 Å². The van der Waals surface area contributed by atoms with Crippen molar-refractivity contribution in [3.05, 3.63) is 47.2 Å². The highest BCUT2D eigenvalue weighted by Gasteiger charge is 2.45. The number of rotatable bonds is 6. The van der Waals surface area contributed by atoms with Crippen LogP contribution in [0.25, 0.3) is 0 Å². The van der Waals surface area contributed by atoms with Gasteiger partial charge >= 0.3 is 0 Å². The standard InChI is InChI=1S/C23H31NO7/c1-13(18-15(26)9-23(2,3)10-16(18)27)24-19-21(29)20(28)17(11-25)31-22(19)30-12-14-7-5-4-6-8-14/h4-8,17,19-22,25-26,28-29H,9-12H2,1-3H3/t17-,19+,20-,21-,22+/m1/s1. The number of allylic oxidation sites excluding steroid dienone is 2. The zero-order valence-corrected chi connectivity index (χ0v) is 18.1. The van der Waals surface area contributed by atoms with Crippen molar-refractivity contribution >= 4 is 11.5 Å². The van der Waals surface area contributed by atoms with Crippen LogP contribution in [-0.4, -0.2) is 69.2 Å². The lowest BCUT2D eigenvalue weighted by Gasteiger charge is -2.40. The number of hydrogen-bond acceptors (Lipinski definition) is 8. The van der Waals surface area contributed by atoms with Crippen LogP contribution in [0.3, 0.4) is 0 Å². The Labute approximate surface area is 181 Å². The highest BCUT2D eigenvalue weighted by atomic mass is 16.7. The van der Waals surface area contributed by atoms with Gasteiger partial charge in [0.25, 0.3) is 0 Å². The molecule has 2 aliphatic rings. The van der Waals surface area contributed by atoms with E-state index in [2.05, 4.69) is 4.99 Å². The monoisotopic (exact) mass is 433 g/mol. The molecule has 0 aromatic heterocycles. The van der Waals surface area contributed by atoms with Gasteiger partial charge in [-0.05, 0) is 17.9 Å².